The van der Waals surface area contributed by atoms with Gasteiger partial charge in [0.05, 0.1) is 9.40 Å². The number of nitrogens with zero attached hydrogens (tertiary/aromatic N) is 2. The first kappa shape index (κ1) is 14.0. The molecule has 0 saturated heterocycles. The molecule has 19 heavy (non-hydrogen) atoms. The van der Waals surface area contributed by atoms with Gasteiger partial charge in [-0.2, -0.15) is 0 Å². The van der Waals surface area contributed by atoms with E-state index in [1.165, 1.54) is 6.07 Å². The van der Waals surface area contributed by atoms with Crippen molar-refractivity contribution in [1.29, 1.82) is 0 Å². The van der Waals surface area contributed by atoms with Gasteiger partial charge in [0, 0.05) is 28.8 Å². The van der Waals surface area contributed by atoms with Crippen molar-refractivity contribution < 1.29 is 4.92 Å². The molecule has 0 aliphatic carbocycles. The minimum Gasteiger partial charge on any atom is -0.365 e. The lowest BCUT2D eigenvalue weighted by atomic mass is 10.2. The second-order valence-electron chi connectivity index (χ2n) is 3.72. The molecule has 0 saturated carbocycles. The average molecular weight is 387 g/mol. The Labute approximate surface area is 126 Å². The Morgan fingerprint density at radius 1 is 1.32 bits per heavy atom. The van der Waals surface area contributed by atoms with Crippen molar-refractivity contribution in [3.8, 4) is 0 Å². The van der Waals surface area contributed by atoms with Crippen molar-refractivity contribution in [3.63, 3.8) is 0 Å². The number of halogens is 2. The van der Waals surface area contributed by atoms with Crippen LogP contribution >= 0.6 is 31.9 Å². The minimum atomic E-state index is -0.388. The summed E-state index contributed by atoms with van der Waals surface area (Å²) in [6, 6.07) is 8.48. The van der Waals surface area contributed by atoms with Gasteiger partial charge in [0.2, 0.25) is 0 Å². The molecule has 0 atom stereocenters. The zero-order valence-electron chi connectivity index (χ0n) is 9.64. The van der Waals surface area contributed by atoms with Crippen LogP contribution in [0.15, 0.2) is 45.5 Å². The first-order valence-corrected chi connectivity index (χ1v) is 6.94. The lowest BCUT2D eigenvalue weighted by Gasteiger charge is -2.08. The van der Waals surface area contributed by atoms with Crippen LogP contribution in [0.3, 0.4) is 0 Å². The molecule has 1 heterocycles. The van der Waals surface area contributed by atoms with E-state index in [1.807, 2.05) is 6.07 Å². The molecule has 98 valence electrons. The summed E-state index contributed by atoms with van der Waals surface area (Å²) in [5, 5.41) is 14.0. The maximum absolute atomic E-state index is 10.9. The maximum atomic E-state index is 10.9. The molecule has 0 aliphatic rings. The van der Waals surface area contributed by atoms with E-state index in [1.54, 1.807) is 24.4 Å². The summed E-state index contributed by atoms with van der Waals surface area (Å²) in [5.41, 5.74) is 0.715. The summed E-state index contributed by atoms with van der Waals surface area (Å²) in [6.45, 7) is 0.338. The molecule has 0 amide bonds. The maximum Gasteiger partial charge on any atom is 0.274 e. The van der Waals surface area contributed by atoms with Crippen LogP contribution in [0, 0.1) is 10.1 Å². The molecule has 0 bridgehead atoms. The molecule has 0 aliphatic heterocycles. The second-order valence-corrected chi connectivity index (χ2v) is 5.49. The molecule has 1 N–H and O–H groups in total. The van der Waals surface area contributed by atoms with Gasteiger partial charge in [-0.3, -0.25) is 10.1 Å². The smallest absolute Gasteiger partial charge is 0.274 e. The van der Waals surface area contributed by atoms with Crippen LogP contribution in [0.25, 0.3) is 0 Å². The number of rotatable bonds is 4. The van der Waals surface area contributed by atoms with E-state index in [-0.39, 0.29) is 10.6 Å². The average Bonchev–Trinajstić information content (AvgIpc) is 2.38. The van der Waals surface area contributed by atoms with Crippen molar-refractivity contribution in [2.75, 3.05) is 5.32 Å². The number of benzene rings is 1. The van der Waals surface area contributed by atoms with Crippen molar-refractivity contribution in [3.05, 3.63) is 61.2 Å². The Hall–Kier alpha value is -1.47. The van der Waals surface area contributed by atoms with Crippen molar-refractivity contribution in [2.24, 2.45) is 0 Å². The number of nitro groups is 1. The Bertz CT molecular complexity index is 620. The van der Waals surface area contributed by atoms with E-state index in [2.05, 4.69) is 42.2 Å². The van der Waals surface area contributed by atoms with Crippen LogP contribution in [0.5, 0.6) is 0 Å². The second kappa shape index (κ2) is 6.12. The lowest BCUT2D eigenvalue weighted by molar-refractivity contribution is -0.385. The largest absolute Gasteiger partial charge is 0.365 e. The molecular weight excluding hydrogens is 378 g/mol. The van der Waals surface area contributed by atoms with Gasteiger partial charge in [0.1, 0.15) is 5.82 Å². The zero-order valence-corrected chi connectivity index (χ0v) is 12.8. The van der Waals surface area contributed by atoms with E-state index < -0.39 is 0 Å². The predicted octanol–water partition coefficient (Wildman–Crippen LogP) is 4.13. The standard InChI is InChI=1S/C12H9Br2N3O2/c13-9-5-10(14)12(16-7-9)15-6-8-3-1-2-4-11(8)17(18)19/h1-5,7H,6H2,(H,15,16). The summed E-state index contributed by atoms with van der Waals surface area (Å²) in [7, 11) is 0. The van der Waals surface area contributed by atoms with Crippen molar-refractivity contribution in [1.82, 2.24) is 4.98 Å². The minimum absolute atomic E-state index is 0.100. The van der Waals surface area contributed by atoms with E-state index in [9.17, 15) is 10.1 Å². The molecule has 1 aromatic carbocycles. The van der Waals surface area contributed by atoms with Crippen molar-refractivity contribution in [2.45, 2.75) is 6.54 Å². The highest BCUT2D eigenvalue weighted by atomic mass is 79.9. The molecule has 0 unspecified atom stereocenters. The van der Waals surface area contributed by atoms with Gasteiger partial charge in [0.15, 0.2) is 0 Å². The molecule has 7 heteroatoms. The first-order chi connectivity index (χ1) is 9.08. The molecule has 5 nitrogen and oxygen atoms in total. The highest BCUT2D eigenvalue weighted by molar-refractivity contribution is 9.11. The monoisotopic (exact) mass is 385 g/mol. The van der Waals surface area contributed by atoms with E-state index >= 15 is 0 Å². The number of anilines is 1. The normalized spacial score (nSPS) is 10.2. The van der Waals surface area contributed by atoms with E-state index in [0.29, 0.717) is 17.9 Å². The third kappa shape index (κ3) is 3.51. The number of hydrogen-bond acceptors (Lipinski definition) is 4. The number of para-hydroxylation sites is 1. The van der Waals surface area contributed by atoms with Crippen LogP contribution in [0.1, 0.15) is 5.56 Å². The lowest BCUT2D eigenvalue weighted by Crippen LogP contribution is -2.04. The first-order valence-electron chi connectivity index (χ1n) is 5.35. The topological polar surface area (TPSA) is 68.1 Å². The zero-order chi connectivity index (χ0) is 13.8. The molecule has 2 rings (SSSR count). The van der Waals surface area contributed by atoms with Crippen LogP contribution in [-0.2, 0) is 6.54 Å². The molecular formula is C12H9Br2N3O2. The Kier molecular flexibility index (Phi) is 4.49. The summed E-state index contributed by atoms with van der Waals surface area (Å²) in [5.74, 6) is 0.640. The van der Waals surface area contributed by atoms with Gasteiger partial charge in [-0.25, -0.2) is 4.98 Å². The number of hydrogen-bond donors (Lipinski definition) is 1. The molecule has 1 aromatic heterocycles. The highest BCUT2D eigenvalue weighted by Gasteiger charge is 2.12. The SMILES string of the molecule is O=[N+]([O-])c1ccccc1CNc1ncc(Br)cc1Br. The van der Waals surface area contributed by atoms with Gasteiger partial charge >= 0.3 is 0 Å². The number of nitrogens with one attached hydrogen (secondary N) is 1. The van der Waals surface area contributed by atoms with Crippen LogP contribution in [0.2, 0.25) is 0 Å². The van der Waals surface area contributed by atoms with Crippen molar-refractivity contribution >= 4 is 43.4 Å². The number of pyridine rings is 1. The fourth-order valence-electron chi connectivity index (χ4n) is 1.56. The van der Waals surface area contributed by atoms with Gasteiger partial charge in [-0.15, -0.1) is 0 Å². The third-order valence-electron chi connectivity index (χ3n) is 2.44. The summed E-state index contributed by atoms with van der Waals surface area (Å²) in [6.07, 6.45) is 1.66. The summed E-state index contributed by atoms with van der Waals surface area (Å²) >= 11 is 6.69. The van der Waals surface area contributed by atoms with Gasteiger partial charge < -0.3 is 5.32 Å². The number of aromatic nitrogens is 1. The van der Waals surface area contributed by atoms with E-state index in [4.69, 9.17) is 0 Å². The Balaban J connectivity index is 2.17. The third-order valence-corrected chi connectivity index (χ3v) is 3.48. The predicted molar refractivity (Wildman–Crippen MR) is 80.1 cm³/mol. The fourth-order valence-corrected chi connectivity index (χ4v) is 2.69. The fraction of sp³-hybridized carbons (Fsp3) is 0.0833. The molecule has 0 radical (unpaired) electrons. The Morgan fingerprint density at radius 2 is 2.05 bits per heavy atom. The molecule has 2 aromatic rings. The van der Waals surface area contributed by atoms with Crippen LogP contribution in [-0.4, -0.2) is 9.91 Å². The van der Waals surface area contributed by atoms with Crippen LogP contribution < -0.4 is 5.32 Å². The number of nitro benzene ring substituents is 1. The quantitative estimate of drug-likeness (QED) is 0.633. The van der Waals surface area contributed by atoms with Gasteiger partial charge in [-0.05, 0) is 37.9 Å². The van der Waals surface area contributed by atoms with Gasteiger partial charge in [0.25, 0.3) is 5.69 Å². The van der Waals surface area contributed by atoms with Crippen LogP contribution in [0.4, 0.5) is 11.5 Å². The Morgan fingerprint density at radius 3 is 2.74 bits per heavy atom. The van der Waals surface area contributed by atoms with Gasteiger partial charge in [-0.1, -0.05) is 18.2 Å². The molecule has 0 spiro atoms. The summed E-state index contributed by atoms with van der Waals surface area (Å²) in [4.78, 5) is 14.7. The molecule has 0 fully saturated rings. The summed E-state index contributed by atoms with van der Waals surface area (Å²) < 4.78 is 1.65. The highest BCUT2D eigenvalue weighted by Crippen LogP contribution is 2.25. The van der Waals surface area contributed by atoms with E-state index in [0.717, 1.165) is 8.95 Å².